The summed E-state index contributed by atoms with van der Waals surface area (Å²) >= 11 is 2.07. The largest absolute Gasteiger partial charge is 0.306 e. The molecule has 0 aliphatic rings. The van der Waals surface area contributed by atoms with Crippen LogP contribution in [0.3, 0.4) is 0 Å². The lowest BCUT2D eigenvalue weighted by Gasteiger charge is -2.20. The third-order valence-corrected chi connectivity index (χ3v) is 4.11. The van der Waals surface area contributed by atoms with Crippen LogP contribution < -0.4 is 5.56 Å². The second-order valence-electron chi connectivity index (χ2n) is 5.71. The second kappa shape index (κ2) is 5.63. The second-order valence-corrected chi connectivity index (χ2v) is 6.79. The molecular formula is C15H18IN3O. The molecule has 0 saturated heterocycles. The van der Waals surface area contributed by atoms with Crippen LogP contribution in [0.2, 0.25) is 0 Å². The van der Waals surface area contributed by atoms with E-state index in [1.807, 2.05) is 12.3 Å². The van der Waals surface area contributed by atoms with E-state index in [2.05, 4.69) is 60.3 Å². The third kappa shape index (κ3) is 2.92. The van der Waals surface area contributed by atoms with E-state index in [9.17, 15) is 4.79 Å². The number of halogens is 1. The zero-order valence-electron chi connectivity index (χ0n) is 12.1. The van der Waals surface area contributed by atoms with Gasteiger partial charge >= 0.3 is 0 Å². The van der Waals surface area contributed by atoms with Gasteiger partial charge in [-0.05, 0) is 40.6 Å². The van der Waals surface area contributed by atoms with Gasteiger partial charge in [0.05, 0.1) is 5.69 Å². The van der Waals surface area contributed by atoms with E-state index in [1.165, 1.54) is 0 Å². The topological polar surface area (TPSA) is 58.6 Å². The molecule has 2 aromatic rings. The van der Waals surface area contributed by atoms with Gasteiger partial charge in [-0.1, -0.05) is 27.7 Å². The highest BCUT2D eigenvalue weighted by atomic mass is 127. The number of aryl methyl sites for hydroxylation is 1. The molecule has 4 nitrogen and oxygen atoms in total. The Morgan fingerprint density at radius 3 is 2.65 bits per heavy atom. The molecular weight excluding hydrogens is 365 g/mol. The Labute approximate surface area is 132 Å². The minimum atomic E-state index is -0.168. The number of hydrogen-bond donors (Lipinski definition) is 1. The summed E-state index contributed by atoms with van der Waals surface area (Å²) in [5.74, 6) is 0.625. The van der Waals surface area contributed by atoms with Gasteiger partial charge < -0.3 is 4.98 Å². The molecule has 0 bridgehead atoms. The molecule has 0 unspecified atom stereocenters. The summed E-state index contributed by atoms with van der Waals surface area (Å²) in [6.45, 7) is 8.26. The standard InChI is InChI=1S/C15H18IN3O/c1-5-9-8-17-7-6-10(9)13-18-12(15(2,3)4)11(16)14(20)19-13/h6-8H,5H2,1-4H3,(H,18,19,20). The summed E-state index contributed by atoms with van der Waals surface area (Å²) < 4.78 is 0.658. The monoisotopic (exact) mass is 383 g/mol. The maximum Gasteiger partial charge on any atom is 0.264 e. The molecule has 0 aliphatic carbocycles. The van der Waals surface area contributed by atoms with Crippen LogP contribution in [0.1, 0.15) is 39.0 Å². The van der Waals surface area contributed by atoms with Gasteiger partial charge in [0.25, 0.3) is 5.56 Å². The minimum absolute atomic E-state index is 0.0839. The zero-order valence-corrected chi connectivity index (χ0v) is 14.3. The highest BCUT2D eigenvalue weighted by Gasteiger charge is 2.22. The molecule has 0 radical (unpaired) electrons. The highest BCUT2D eigenvalue weighted by molar-refractivity contribution is 14.1. The first kappa shape index (κ1) is 15.2. The lowest BCUT2D eigenvalue weighted by atomic mass is 9.92. The van der Waals surface area contributed by atoms with Crippen molar-refractivity contribution in [3.05, 3.63) is 43.6 Å². The maximum absolute atomic E-state index is 12.2. The van der Waals surface area contributed by atoms with Crippen LogP contribution >= 0.6 is 22.6 Å². The Morgan fingerprint density at radius 1 is 1.35 bits per heavy atom. The van der Waals surface area contributed by atoms with Gasteiger partial charge in [-0.3, -0.25) is 9.78 Å². The summed E-state index contributed by atoms with van der Waals surface area (Å²) in [7, 11) is 0. The molecule has 0 aliphatic heterocycles. The van der Waals surface area contributed by atoms with Crippen LogP contribution in [0.25, 0.3) is 11.4 Å². The number of nitrogens with zero attached hydrogens (tertiary/aromatic N) is 2. The number of H-pyrrole nitrogens is 1. The molecule has 2 rings (SSSR count). The lowest BCUT2D eigenvalue weighted by Crippen LogP contribution is -2.24. The van der Waals surface area contributed by atoms with Crippen molar-refractivity contribution in [2.75, 3.05) is 0 Å². The van der Waals surface area contributed by atoms with Crippen LogP contribution in [0.15, 0.2) is 23.3 Å². The number of nitrogens with one attached hydrogen (secondary N) is 1. The van der Waals surface area contributed by atoms with E-state index in [4.69, 9.17) is 4.98 Å². The third-order valence-electron chi connectivity index (χ3n) is 3.11. The van der Waals surface area contributed by atoms with E-state index in [1.54, 1.807) is 6.20 Å². The summed E-state index contributed by atoms with van der Waals surface area (Å²) in [4.78, 5) is 23.9. The first-order valence-corrected chi connectivity index (χ1v) is 7.66. The first-order chi connectivity index (χ1) is 9.34. The quantitative estimate of drug-likeness (QED) is 0.810. The Bertz CT molecular complexity index is 686. The predicted molar refractivity (Wildman–Crippen MR) is 88.9 cm³/mol. The van der Waals surface area contributed by atoms with Gasteiger partial charge in [0.15, 0.2) is 0 Å². The molecule has 2 aromatic heterocycles. The van der Waals surface area contributed by atoms with E-state index >= 15 is 0 Å². The summed E-state index contributed by atoms with van der Waals surface area (Å²) in [6, 6.07) is 1.90. The highest BCUT2D eigenvalue weighted by Crippen LogP contribution is 2.26. The number of pyridine rings is 1. The van der Waals surface area contributed by atoms with Crippen molar-refractivity contribution in [3.8, 4) is 11.4 Å². The van der Waals surface area contributed by atoms with Crippen LogP contribution in [0.4, 0.5) is 0 Å². The van der Waals surface area contributed by atoms with Gasteiger partial charge in [0, 0.05) is 23.4 Å². The SMILES string of the molecule is CCc1cnccc1-c1nc(C(C)(C)C)c(I)c(=O)[nH]1. The van der Waals surface area contributed by atoms with Crippen molar-refractivity contribution in [3.63, 3.8) is 0 Å². The van der Waals surface area contributed by atoms with Crippen molar-refractivity contribution in [2.24, 2.45) is 0 Å². The average Bonchev–Trinajstić information content (AvgIpc) is 2.40. The van der Waals surface area contributed by atoms with E-state index in [0.717, 1.165) is 23.2 Å². The molecule has 0 atom stereocenters. The molecule has 20 heavy (non-hydrogen) atoms. The Balaban J connectivity index is 2.71. The molecule has 2 heterocycles. The van der Waals surface area contributed by atoms with Crippen LogP contribution in [0, 0.1) is 3.57 Å². The fourth-order valence-electron chi connectivity index (χ4n) is 2.02. The zero-order chi connectivity index (χ0) is 14.9. The van der Waals surface area contributed by atoms with Gasteiger partial charge in [-0.15, -0.1) is 0 Å². The van der Waals surface area contributed by atoms with Crippen molar-refractivity contribution in [2.45, 2.75) is 39.5 Å². The van der Waals surface area contributed by atoms with Crippen molar-refractivity contribution >= 4 is 22.6 Å². The van der Waals surface area contributed by atoms with Gasteiger partial charge in [-0.2, -0.15) is 0 Å². The van der Waals surface area contributed by atoms with Gasteiger partial charge in [0.2, 0.25) is 0 Å². The number of rotatable bonds is 2. The maximum atomic E-state index is 12.2. The fourth-order valence-corrected chi connectivity index (χ4v) is 3.09. The molecule has 0 aromatic carbocycles. The fraction of sp³-hybridized carbons (Fsp3) is 0.400. The molecule has 0 spiro atoms. The van der Waals surface area contributed by atoms with E-state index < -0.39 is 0 Å². The molecule has 106 valence electrons. The summed E-state index contributed by atoms with van der Waals surface area (Å²) in [5, 5.41) is 0. The molecule has 0 fully saturated rings. The molecule has 0 amide bonds. The van der Waals surface area contributed by atoms with Crippen molar-refractivity contribution in [1.29, 1.82) is 0 Å². The van der Waals surface area contributed by atoms with Gasteiger partial charge in [-0.25, -0.2) is 4.98 Å². The van der Waals surface area contributed by atoms with Crippen LogP contribution in [0.5, 0.6) is 0 Å². The number of aromatic amines is 1. The predicted octanol–water partition coefficient (Wildman–Crippen LogP) is 3.30. The Hall–Kier alpha value is -1.24. The number of aromatic nitrogens is 3. The normalized spacial score (nSPS) is 11.7. The molecule has 5 heteroatoms. The molecule has 0 saturated carbocycles. The minimum Gasteiger partial charge on any atom is -0.306 e. The first-order valence-electron chi connectivity index (χ1n) is 6.58. The molecule has 1 N–H and O–H groups in total. The Morgan fingerprint density at radius 2 is 2.05 bits per heavy atom. The van der Waals surface area contributed by atoms with Crippen LogP contribution in [-0.2, 0) is 11.8 Å². The van der Waals surface area contributed by atoms with Gasteiger partial charge in [0.1, 0.15) is 9.39 Å². The summed E-state index contributed by atoms with van der Waals surface area (Å²) in [5.41, 5.74) is 2.60. The smallest absolute Gasteiger partial charge is 0.264 e. The van der Waals surface area contributed by atoms with Crippen molar-refractivity contribution < 1.29 is 0 Å². The Kier molecular flexibility index (Phi) is 4.27. The van der Waals surface area contributed by atoms with E-state index in [0.29, 0.717) is 9.39 Å². The van der Waals surface area contributed by atoms with E-state index in [-0.39, 0.29) is 11.0 Å². The van der Waals surface area contributed by atoms with Crippen molar-refractivity contribution in [1.82, 2.24) is 15.0 Å². The summed E-state index contributed by atoms with van der Waals surface area (Å²) in [6.07, 6.45) is 4.40. The number of hydrogen-bond acceptors (Lipinski definition) is 3. The average molecular weight is 383 g/mol. The van der Waals surface area contributed by atoms with Crippen LogP contribution in [-0.4, -0.2) is 15.0 Å². The lowest BCUT2D eigenvalue weighted by molar-refractivity contribution is 0.562.